The van der Waals surface area contributed by atoms with Crippen molar-refractivity contribution in [2.75, 3.05) is 26.9 Å². The second-order valence-corrected chi connectivity index (χ2v) is 5.90. The van der Waals surface area contributed by atoms with Crippen molar-refractivity contribution in [2.45, 2.75) is 31.8 Å². The van der Waals surface area contributed by atoms with Crippen LogP contribution in [-0.4, -0.2) is 38.9 Å². The molecule has 120 valence electrons. The van der Waals surface area contributed by atoms with Crippen LogP contribution >= 0.6 is 0 Å². The highest BCUT2D eigenvalue weighted by molar-refractivity contribution is 5.79. The number of benzene rings is 1. The van der Waals surface area contributed by atoms with Gasteiger partial charge < -0.3 is 19.5 Å². The predicted molar refractivity (Wildman–Crippen MR) is 82.3 cm³/mol. The first kappa shape index (κ1) is 15.2. The number of carbonyl (C=O) groups excluding carboxylic acids is 1. The van der Waals surface area contributed by atoms with Gasteiger partial charge in [0, 0.05) is 19.2 Å². The summed E-state index contributed by atoms with van der Waals surface area (Å²) < 4.78 is 16.5. The van der Waals surface area contributed by atoms with Gasteiger partial charge in [-0.2, -0.15) is 0 Å². The Kier molecular flexibility index (Phi) is 4.83. The highest BCUT2D eigenvalue weighted by atomic mass is 16.5. The minimum Gasteiger partial charge on any atom is -0.497 e. The zero-order chi connectivity index (χ0) is 15.4. The molecule has 1 N–H and O–H groups in total. The van der Waals surface area contributed by atoms with E-state index >= 15 is 0 Å². The Hall–Kier alpha value is -1.75. The third-order valence-corrected chi connectivity index (χ3v) is 4.34. The molecule has 1 aromatic carbocycles. The SMILES string of the molecule is COc1ccc2c(c1)OC[C@H](C(=O)NCC[C@@H]1CCCO1)C2. The zero-order valence-corrected chi connectivity index (χ0v) is 13.0. The Balaban J connectivity index is 1.49. The Morgan fingerprint density at radius 3 is 3.14 bits per heavy atom. The largest absolute Gasteiger partial charge is 0.497 e. The summed E-state index contributed by atoms with van der Waals surface area (Å²) in [6.45, 7) is 1.96. The summed E-state index contributed by atoms with van der Waals surface area (Å²) in [5.74, 6) is 1.55. The van der Waals surface area contributed by atoms with E-state index in [4.69, 9.17) is 14.2 Å². The lowest BCUT2D eigenvalue weighted by molar-refractivity contribution is -0.126. The fourth-order valence-electron chi connectivity index (χ4n) is 3.02. The molecule has 0 unspecified atom stereocenters. The number of rotatable bonds is 5. The number of hydrogen-bond acceptors (Lipinski definition) is 4. The molecule has 0 saturated carbocycles. The maximum atomic E-state index is 12.2. The summed E-state index contributed by atoms with van der Waals surface area (Å²) >= 11 is 0. The fraction of sp³-hybridized carbons (Fsp3) is 0.588. The summed E-state index contributed by atoms with van der Waals surface area (Å²) in [6.07, 6.45) is 4.17. The van der Waals surface area contributed by atoms with Gasteiger partial charge in [-0.15, -0.1) is 0 Å². The number of methoxy groups -OCH3 is 1. The molecule has 22 heavy (non-hydrogen) atoms. The lowest BCUT2D eigenvalue weighted by Gasteiger charge is -2.25. The van der Waals surface area contributed by atoms with E-state index in [1.54, 1.807) is 7.11 Å². The molecular weight excluding hydrogens is 282 g/mol. The van der Waals surface area contributed by atoms with E-state index < -0.39 is 0 Å². The summed E-state index contributed by atoms with van der Waals surface area (Å²) in [7, 11) is 1.63. The van der Waals surface area contributed by atoms with Crippen LogP contribution in [0.2, 0.25) is 0 Å². The zero-order valence-electron chi connectivity index (χ0n) is 13.0. The molecule has 1 aromatic rings. The lowest BCUT2D eigenvalue weighted by Crippen LogP contribution is -2.38. The summed E-state index contributed by atoms with van der Waals surface area (Å²) in [4.78, 5) is 12.2. The van der Waals surface area contributed by atoms with Gasteiger partial charge in [-0.05, 0) is 37.3 Å². The molecular formula is C17H23NO4. The van der Waals surface area contributed by atoms with Crippen molar-refractivity contribution in [3.8, 4) is 11.5 Å². The van der Waals surface area contributed by atoms with Crippen LogP contribution in [0, 0.1) is 5.92 Å². The third kappa shape index (κ3) is 3.53. The lowest BCUT2D eigenvalue weighted by atomic mass is 9.96. The highest BCUT2D eigenvalue weighted by Crippen LogP contribution is 2.31. The van der Waals surface area contributed by atoms with Gasteiger partial charge in [0.05, 0.1) is 19.1 Å². The second kappa shape index (κ2) is 7.01. The summed E-state index contributed by atoms with van der Waals surface area (Å²) in [6, 6.07) is 5.75. The van der Waals surface area contributed by atoms with Crippen molar-refractivity contribution in [2.24, 2.45) is 5.92 Å². The maximum Gasteiger partial charge on any atom is 0.226 e. The van der Waals surface area contributed by atoms with E-state index in [1.807, 2.05) is 18.2 Å². The van der Waals surface area contributed by atoms with Gasteiger partial charge in [0.2, 0.25) is 5.91 Å². The van der Waals surface area contributed by atoms with E-state index in [0.29, 0.717) is 25.7 Å². The van der Waals surface area contributed by atoms with Crippen molar-refractivity contribution in [3.05, 3.63) is 23.8 Å². The van der Waals surface area contributed by atoms with Crippen LogP contribution in [0.4, 0.5) is 0 Å². The smallest absolute Gasteiger partial charge is 0.226 e. The van der Waals surface area contributed by atoms with Crippen molar-refractivity contribution in [1.82, 2.24) is 5.32 Å². The first-order valence-electron chi connectivity index (χ1n) is 7.95. The van der Waals surface area contributed by atoms with E-state index in [0.717, 1.165) is 42.9 Å². The molecule has 5 heteroatoms. The van der Waals surface area contributed by atoms with E-state index in [-0.39, 0.29) is 11.8 Å². The highest BCUT2D eigenvalue weighted by Gasteiger charge is 2.26. The normalized spacial score (nSPS) is 23.5. The van der Waals surface area contributed by atoms with Crippen LogP contribution < -0.4 is 14.8 Å². The topological polar surface area (TPSA) is 56.8 Å². The molecule has 0 bridgehead atoms. The molecule has 2 aliphatic heterocycles. The monoisotopic (exact) mass is 305 g/mol. The average molecular weight is 305 g/mol. The van der Waals surface area contributed by atoms with Gasteiger partial charge >= 0.3 is 0 Å². The van der Waals surface area contributed by atoms with Crippen molar-refractivity contribution < 1.29 is 19.0 Å². The molecule has 0 aliphatic carbocycles. The van der Waals surface area contributed by atoms with E-state index in [2.05, 4.69) is 5.32 Å². The number of carbonyl (C=O) groups is 1. The number of nitrogens with one attached hydrogen (secondary N) is 1. The standard InChI is InChI=1S/C17H23NO4/c1-20-15-5-4-12-9-13(11-22-16(12)10-15)17(19)18-7-6-14-3-2-8-21-14/h4-5,10,13-14H,2-3,6-9,11H2,1H3,(H,18,19)/t13-,14+/m1/s1. The van der Waals surface area contributed by atoms with Crippen LogP contribution in [0.25, 0.3) is 0 Å². The summed E-state index contributed by atoms with van der Waals surface area (Å²) in [5, 5.41) is 3.01. The molecule has 1 fully saturated rings. The van der Waals surface area contributed by atoms with Crippen LogP contribution in [-0.2, 0) is 16.0 Å². The number of fused-ring (bicyclic) bond motifs is 1. The van der Waals surface area contributed by atoms with Gasteiger partial charge in [0.1, 0.15) is 18.1 Å². The molecule has 2 atom stereocenters. The summed E-state index contributed by atoms with van der Waals surface area (Å²) in [5.41, 5.74) is 1.06. The van der Waals surface area contributed by atoms with Gasteiger partial charge in [0.25, 0.3) is 0 Å². The molecule has 5 nitrogen and oxygen atoms in total. The number of hydrogen-bond donors (Lipinski definition) is 1. The molecule has 3 rings (SSSR count). The first-order chi connectivity index (χ1) is 10.8. The fourth-order valence-corrected chi connectivity index (χ4v) is 3.02. The molecule has 2 heterocycles. The number of amides is 1. The van der Waals surface area contributed by atoms with E-state index in [9.17, 15) is 4.79 Å². The van der Waals surface area contributed by atoms with Crippen molar-refractivity contribution in [3.63, 3.8) is 0 Å². The third-order valence-electron chi connectivity index (χ3n) is 4.34. The predicted octanol–water partition coefficient (Wildman–Crippen LogP) is 1.93. The van der Waals surface area contributed by atoms with Crippen LogP contribution in [0.15, 0.2) is 18.2 Å². The van der Waals surface area contributed by atoms with Gasteiger partial charge in [0.15, 0.2) is 0 Å². The minimum absolute atomic E-state index is 0.0689. The Morgan fingerprint density at radius 1 is 1.45 bits per heavy atom. The average Bonchev–Trinajstić information content (AvgIpc) is 3.07. The minimum atomic E-state index is -0.120. The van der Waals surface area contributed by atoms with Crippen molar-refractivity contribution >= 4 is 5.91 Å². The van der Waals surface area contributed by atoms with Crippen LogP contribution in [0.5, 0.6) is 11.5 Å². The molecule has 0 radical (unpaired) electrons. The Labute approximate surface area is 130 Å². The first-order valence-corrected chi connectivity index (χ1v) is 7.95. The quantitative estimate of drug-likeness (QED) is 0.903. The Bertz CT molecular complexity index is 525. The van der Waals surface area contributed by atoms with Gasteiger partial charge in [-0.25, -0.2) is 0 Å². The van der Waals surface area contributed by atoms with Gasteiger partial charge in [-0.1, -0.05) is 6.07 Å². The molecule has 0 aromatic heterocycles. The molecule has 0 spiro atoms. The van der Waals surface area contributed by atoms with E-state index in [1.165, 1.54) is 0 Å². The number of ether oxygens (including phenoxy) is 3. The van der Waals surface area contributed by atoms with Crippen LogP contribution in [0.1, 0.15) is 24.8 Å². The maximum absolute atomic E-state index is 12.2. The molecule has 1 saturated heterocycles. The Morgan fingerprint density at radius 2 is 2.36 bits per heavy atom. The van der Waals surface area contributed by atoms with Crippen LogP contribution in [0.3, 0.4) is 0 Å². The van der Waals surface area contributed by atoms with Gasteiger partial charge in [-0.3, -0.25) is 4.79 Å². The second-order valence-electron chi connectivity index (χ2n) is 5.90. The molecule has 1 amide bonds. The molecule has 2 aliphatic rings. The van der Waals surface area contributed by atoms with Crippen molar-refractivity contribution in [1.29, 1.82) is 0 Å².